The van der Waals surface area contributed by atoms with Gasteiger partial charge in [0.05, 0.1) is 18.8 Å². The smallest absolute Gasteiger partial charge is 0.243 e. The number of amides is 2. The second-order valence-corrected chi connectivity index (χ2v) is 12.7. The molecule has 0 aromatic heterocycles. The van der Waals surface area contributed by atoms with Crippen molar-refractivity contribution in [3.63, 3.8) is 0 Å². The molecule has 0 spiro atoms. The molecule has 0 aliphatic carbocycles. The van der Waals surface area contributed by atoms with E-state index in [-0.39, 0.29) is 31.1 Å². The summed E-state index contributed by atoms with van der Waals surface area (Å²) < 4.78 is 13.3. The Balaban J connectivity index is 1.25. The summed E-state index contributed by atoms with van der Waals surface area (Å²) in [6.07, 6.45) is 2.60. The largest absolute Gasteiger partial charge is 0.392 e. The maximum Gasteiger partial charge on any atom is 0.243 e. The Morgan fingerprint density at radius 3 is 2.18 bits per heavy atom. The number of aliphatic hydroxyl groups excluding tert-OH is 1. The van der Waals surface area contributed by atoms with E-state index in [1.807, 2.05) is 54.6 Å². The van der Waals surface area contributed by atoms with Gasteiger partial charge < -0.3 is 19.9 Å². The summed E-state index contributed by atoms with van der Waals surface area (Å²) in [5.74, 6) is -0.440. The summed E-state index contributed by atoms with van der Waals surface area (Å²) in [6.45, 7) is 1.98. The Morgan fingerprint density at radius 1 is 0.755 bits per heavy atom. The van der Waals surface area contributed by atoms with Crippen LogP contribution in [0.25, 0.3) is 11.1 Å². The molecule has 4 N–H and O–H groups in total. The highest BCUT2D eigenvalue weighted by atomic mass is 16.7. The second kappa shape index (κ2) is 18.4. The number of carbonyl (C=O) groups is 2. The van der Waals surface area contributed by atoms with Crippen LogP contribution in [-0.2, 0) is 38.8 Å². The van der Waals surface area contributed by atoms with E-state index in [1.165, 1.54) is 5.56 Å². The number of aliphatic hydroxyl groups is 1. The van der Waals surface area contributed by atoms with Gasteiger partial charge in [-0.25, -0.2) is 5.48 Å². The van der Waals surface area contributed by atoms with Gasteiger partial charge in [0.15, 0.2) is 6.29 Å². The van der Waals surface area contributed by atoms with Gasteiger partial charge >= 0.3 is 0 Å². The number of rotatable bonds is 16. The Morgan fingerprint density at radius 2 is 1.45 bits per heavy atom. The first-order valence-corrected chi connectivity index (χ1v) is 17.0. The van der Waals surface area contributed by atoms with Crippen LogP contribution in [0.15, 0.2) is 103 Å². The van der Waals surface area contributed by atoms with E-state index >= 15 is 0 Å². The first-order valence-electron chi connectivity index (χ1n) is 17.0. The molecule has 1 aliphatic heterocycles. The Kier molecular flexibility index (Phi) is 13.5. The number of carbonyl (C=O) groups excluding carboxylic acids is 2. The molecule has 0 unspecified atom stereocenters. The molecule has 4 aromatic carbocycles. The van der Waals surface area contributed by atoms with Crippen molar-refractivity contribution in [2.24, 2.45) is 0 Å². The van der Waals surface area contributed by atoms with E-state index in [4.69, 9.17) is 14.7 Å². The molecular weight excluding hydrogens is 618 g/mol. The van der Waals surface area contributed by atoms with Crippen molar-refractivity contribution in [1.29, 1.82) is 0 Å². The van der Waals surface area contributed by atoms with Crippen LogP contribution in [0.5, 0.6) is 0 Å². The Bertz CT molecular complexity index is 1630. The number of nitrogens with one attached hydrogen (secondary N) is 2. The first-order chi connectivity index (χ1) is 23.9. The SMILES string of the molecule is CN(Cc1ccccc1)C[C@H]1C[C@@H](c2ccc(CO)cc2)O[C@@H](c2cccc(-c3cccc(CNC(=O)CCCCCC(=O)NO)c3)c2)O1. The van der Waals surface area contributed by atoms with Gasteiger partial charge in [-0.1, -0.05) is 97.4 Å². The van der Waals surface area contributed by atoms with Crippen LogP contribution < -0.4 is 10.8 Å². The third kappa shape index (κ3) is 11.1. The van der Waals surface area contributed by atoms with E-state index in [2.05, 4.69) is 65.8 Å². The molecule has 1 heterocycles. The van der Waals surface area contributed by atoms with Crippen LogP contribution in [0.1, 0.15) is 78.7 Å². The highest BCUT2D eigenvalue weighted by Crippen LogP contribution is 2.39. The van der Waals surface area contributed by atoms with E-state index in [0.29, 0.717) is 32.2 Å². The van der Waals surface area contributed by atoms with Gasteiger partial charge in [0.1, 0.15) is 0 Å². The molecule has 9 nitrogen and oxygen atoms in total. The van der Waals surface area contributed by atoms with E-state index in [9.17, 15) is 14.7 Å². The number of hydroxylamine groups is 1. The third-order valence-corrected chi connectivity index (χ3v) is 8.77. The van der Waals surface area contributed by atoms with Gasteiger partial charge in [0.2, 0.25) is 11.8 Å². The lowest BCUT2D eigenvalue weighted by molar-refractivity contribution is -0.252. The summed E-state index contributed by atoms with van der Waals surface area (Å²) >= 11 is 0. The summed E-state index contributed by atoms with van der Waals surface area (Å²) in [7, 11) is 2.12. The van der Waals surface area contributed by atoms with Gasteiger partial charge in [-0.15, -0.1) is 0 Å². The predicted molar refractivity (Wildman–Crippen MR) is 188 cm³/mol. The summed E-state index contributed by atoms with van der Waals surface area (Å²) in [5.41, 5.74) is 8.78. The standard InChI is InChI=1S/C40H47N3O6/c1-43(26-29-10-4-2-5-11-29)27-36-24-37(32-20-18-30(28-44)19-21-32)49-40(48-36)35-15-9-14-34(23-35)33-13-8-12-31(22-33)25-41-38(45)16-6-3-7-17-39(46)42-47/h2,4-5,8-15,18-23,36-37,40,44,47H,3,6-7,16-17,24-28H2,1H3,(H,41,45)(H,42,46)/t36-,37+,40+/m1/s1. The number of unbranched alkanes of at least 4 members (excludes halogenated alkanes) is 2. The summed E-state index contributed by atoms with van der Waals surface area (Å²) in [5, 5.41) is 21.1. The molecular formula is C40H47N3O6. The molecule has 5 rings (SSSR count). The highest BCUT2D eigenvalue weighted by Gasteiger charge is 2.33. The maximum absolute atomic E-state index is 12.4. The van der Waals surface area contributed by atoms with Crippen LogP contribution in [0.2, 0.25) is 0 Å². The molecule has 1 aliphatic rings. The minimum Gasteiger partial charge on any atom is -0.392 e. The minimum atomic E-state index is -0.563. The van der Waals surface area contributed by atoms with Gasteiger partial charge in [-0.05, 0) is 65.4 Å². The minimum absolute atomic E-state index is 0.000141. The Hall–Kier alpha value is -4.38. The van der Waals surface area contributed by atoms with Crippen molar-refractivity contribution in [3.8, 4) is 11.1 Å². The molecule has 1 saturated heterocycles. The molecule has 49 heavy (non-hydrogen) atoms. The number of hydrogen-bond acceptors (Lipinski definition) is 7. The van der Waals surface area contributed by atoms with Crippen LogP contribution in [0, 0.1) is 0 Å². The third-order valence-electron chi connectivity index (χ3n) is 8.77. The van der Waals surface area contributed by atoms with E-state index in [1.54, 1.807) is 5.48 Å². The van der Waals surface area contributed by atoms with Crippen LogP contribution in [0.3, 0.4) is 0 Å². The van der Waals surface area contributed by atoms with Crippen LogP contribution in [-0.4, -0.2) is 46.7 Å². The van der Waals surface area contributed by atoms with E-state index < -0.39 is 12.2 Å². The second-order valence-electron chi connectivity index (χ2n) is 12.7. The zero-order valence-corrected chi connectivity index (χ0v) is 28.1. The van der Waals surface area contributed by atoms with E-state index in [0.717, 1.165) is 52.9 Å². The molecule has 3 atom stereocenters. The topological polar surface area (TPSA) is 120 Å². The number of likely N-dealkylation sites (N-methyl/N-ethyl adjacent to an activating group) is 1. The number of ether oxygens (including phenoxy) is 2. The number of hydrogen-bond donors (Lipinski definition) is 4. The first kappa shape index (κ1) is 35.9. The van der Waals surface area contributed by atoms with Gasteiger partial charge in [-0.3, -0.25) is 19.7 Å². The summed E-state index contributed by atoms with van der Waals surface area (Å²) in [4.78, 5) is 25.8. The fraction of sp³-hybridized carbons (Fsp3) is 0.350. The molecule has 0 saturated carbocycles. The lowest BCUT2D eigenvalue weighted by Gasteiger charge is -2.38. The molecule has 258 valence electrons. The Labute approximate surface area is 288 Å². The van der Waals surface area contributed by atoms with Crippen molar-refractivity contribution >= 4 is 11.8 Å². The molecule has 2 amide bonds. The zero-order valence-electron chi connectivity index (χ0n) is 28.1. The van der Waals surface area contributed by atoms with Gasteiger partial charge in [0.25, 0.3) is 0 Å². The fourth-order valence-electron chi connectivity index (χ4n) is 6.16. The molecule has 4 aromatic rings. The van der Waals surface area contributed by atoms with Crippen molar-refractivity contribution in [2.75, 3.05) is 13.6 Å². The van der Waals surface area contributed by atoms with Crippen molar-refractivity contribution in [2.45, 2.75) is 76.7 Å². The van der Waals surface area contributed by atoms with Crippen molar-refractivity contribution in [1.82, 2.24) is 15.7 Å². The normalized spacial score (nSPS) is 17.5. The zero-order chi connectivity index (χ0) is 34.4. The molecule has 0 radical (unpaired) electrons. The quantitative estimate of drug-likeness (QED) is 0.0605. The van der Waals surface area contributed by atoms with Crippen LogP contribution >= 0.6 is 0 Å². The van der Waals surface area contributed by atoms with Crippen molar-refractivity contribution < 1.29 is 29.4 Å². The van der Waals surface area contributed by atoms with Gasteiger partial charge in [-0.2, -0.15) is 0 Å². The van der Waals surface area contributed by atoms with Crippen molar-refractivity contribution in [3.05, 3.63) is 131 Å². The lowest BCUT2D eigenvalue weighted by Crippen LogP contribution is -2.37. The number of nitrogens with zero attached hydrogens (tertiary/aromatic N) is 1. The molecule has 1 fully saturated rings. The lowest BCUT2D eigenvalue weighted by atomic mass is 9.98. The fourth-order valence-corrected chi connectivity index (χ4v) is 6.16. The maximum atomic E-state index is 12.4. The molecule has 0 bridgehead atoms. The summed E-state index contributed by atoms with van der Waals surface area (Å²) in [6, 6.07) is 34.7. The van der Waals surface area contributed by atoms with Gasteiger partial charge in [0, 0.05) is 44.5 Å². The average Bonchev–Trinajstić information content (AvgIpc) is 3.14. The van der Waals surface area contributed by atoms with Crippen LogP contribution in [0.4, 0.5) is 0 Å². The predicted octanol–water partition coefficient (Wildman–Crippen LogP) is 6.60. The monoisotopic (exact) mass is 665 g/mol. The number of benzene rings is 4. The average molecular weight is 666 g/mol. The molecule has 9 heteroatoms. The highest BCUT2D eigenvalue weighted by molar-refractivity contribution is 5.76.